The fraction of sp³-hybridized carbons (Fsp3) is 0.600. The molecule has 18 heavy (non-hydrogen) atoms. The molecule has 0 saturated heterocycles. The predicted molar refractivity (Wildman–Crippen MR) is 70.9 cm³/mol. The van der Waals surface area contributed by atoms with Gasteiger partial charge in [-0.15, -0.1) is 0 Å². The van der Waals surface area contributed by atoms with Gasteiger partial charge in [-0.1, -0.05) is 12.1 Å². The molecule has 3 heteroatoms. The van der Waals surface area contributed by atoms with E-state index in [1.165, 1.54) is 12.8 Å². The quantitative estimate of drug-likeness (QED) is 0.874. The molecule has 1 saturated carbocycles. The molecule has 3 nitrogen and oxygen atoms in total. The summed E-state index contributed by atoms with van der Waals surface area (Å²) in [6.07, 6.45) is 6.11. The maximum Gasteiger partial charge on any atom is 0.161 e. The monoisotopic (exact) mass is 247 g/mol. The van der Waals surface area contributed by atoms with Crippen molar-refractivity contribution in [2.24, 2.45) is 11.7 Å². The maximum atomic E-state index is 6.01. The molecule has 0 aromatic heterocycles. The minimum Gasteiger partial charge on any atom is -0.486 e. The van der Waals surface area contributed by atoms with E-state index in [0.717, 1.165) is 36.7 Å². The summed E-state index contributed by atoms with van der Waals surface area (Å²) < 4.78 is 11.8. The second-order valence-electron chi connectivity index (χ2n) is 5.51. The lowest BCUT2D eigenvalue weighted by Crippen LogP contribution is -2.34. The van der Waals surface area contributed by atoms with Crippen LogP contribution in [0.3, 0.4) is 0 Å². The van der Waals surface area contributed by atoms with Crippen LogP contribution in [0.4, 0.5) is 0 Å². The minimum atomic E-state index is 0.208. The summed E-state index contributed by atoms with van der Waals surface area (Å²) in [5.74, 6) is 2.52. The fourth-order valence-corrected chi connectivity index (χ4v) is 2.97. The SMILES string of the molecule is NC1CCC(CC2COc3ccccc3O2)CC1. The lowest BCUT2D eigenvalue weighted by Gasteiger charge is -2.32. The molecule has 1 aliphatic heterocycles. The summed E-state index contributed by atoms with van der Waals surface area (Å²) in [6.45, 7) is 0.680. The zero-order chi connectivity index (χ0) is 12.4. The summed E-state index contributed by atoms with van der Waals surface area (Å²) in [6, 6.07) is 8.34. The topological polar surface area (TPSA) is 44.5 Å². The fourth-order valence-electron chi connectivity index (χ4n) is 2.97. The second-order valence-corrected chi connectivity index (χ2v) is 5.51. The summed E-state index contributed by atoms with van der Waals surface area (Å²) in [4.78, 5) is 0. The van der Waals surface area contributed by atoms with Gasteiger partial charge < -0.3 is 15.2 Å². The summed E-state index contributed by atoms with van der Waals surface area (Å²) >= 11 is 0. The van der Waals surface area contributed by atoms with Gasteiger partial charge in [0.15, 0.2) is 11.5 Å². The van der Waals surface area contributed by atoms with Crippen LogP contribution >= 0.6 is 0 Å². The highest BCUT2D eigenvalue weighted by Gasteiger charge is 2.26. The molecule has 1 unspecified atom stereocenters. The molecule has 3 rings (SSSR count). The third-order valence-electron chi connectivity index (χ3n) is 4.06. The van der Waals surface area contributed by atoms with Crippen molar-refractivity contribution in [3.05, 3.63) is 24.3 Å². The second kappa shape index (κ2) is 5.19. The van der Waals surface area contributed by atoms with E-state index < -0.39 is 0 Å². The molecule has 1 aromatic rings. The predicted octanol–water partition coefficient (Wildman–Crippen LogP) is 2.73. The van der Waals surface area contributed by atoms with Crippen molar-refractivity contribution >= 4 is 0 Å². The van der Waals surface area contributed by atoms with E-state index in [-0.39, 0.29) is 6.10 Å². The van der Waals surface area contributed by atoms with Gasteiger partial charge >= 0.3 is 0 Å². The van der Waals surface area contributed by atoms with Crippen LogP contribution in [0.1, 0.15) is 32.1 Å². The molecule has 1 aromatic carbocycles. The van der Waals surface area contributed by atoms with Crippen molar-refractivity contribution < 1.29 is 9.47 Å². The van der Waals surface area contributed by atoms with E-state index in [1.54, 1.807) is 0 Å². The number of fused-ring (bicyclic) bond motifs is 1. The zero-order valence-electron chi connectivity index (χ0n) is 10.7. The molecule has 1 atom stereocenters. The Morgan fingerprint density at radius 1 is 1.06 bits per heavy atom. The average molecular weight is 247 g/mol. The van der Waals surface area contributed by atoms with E-state index in [4.69, 9.17) is 15.2 Å². The van der Waals surface area contributed by atoms with E-state index in [1.807, 2.05) is 24.3 Å². The third-order valence-corrected chi connectivity index (χ3v) is 4.06. The highest BCUT2D eigenvalue weighted by molar-refractivity contribution is 5.40. The number of hydrogen-bond donors (Lipinski definition) is 1. The largest absolute Gasteiger partial charge is 0.486 e. The molecule has 0 radical (unpaired) electrons. The van der Waals surface area contributed by atoms with Crippen LogP contribution < -0.4 is 15.2 Å². The van der Waals surface area contributed by atoms with Gasteiger partial charge in [-0.25, -0.2) is 0 Å². The summed E-state index contributed by atoms with van der Waals surface area (Å²) in [5, 5.41) is 0. The van der Waals surface area contributed by atoms with Crippen molar-refractivity contribution in [3.63, 3.8) is 0 Å². The van der Waals surface area contributed by atoms with Crippen LogP contribution in [0.2, 0.25) is 0 Å². The van der Waals surface area contributed by atoms with E-state index in [2.05, 4.69) is 0 Å². The molecule has 1 fully saturated rings. The van der Waals surface area contributed by atoms with E-state index in [0.29, 0.717) is 12.6 Å². The summed E-state index contributed by atoms with van der Waals surface area (Å²) in [5.41, 5.74) is 5.94. The molecule has 0 spiro atoms. The number of ether oxygens (including phenoxy) is 2. The van der Waals surface area contributed by atoms with Crippen molar-refractivity contribution in [1.82, 2.24) is 0 Å². The van der Waals surface area contributed by atoms with Gasteiger partial charge in [0.25, 0.3) is 0 Å². The van der Waals surface area contributed by atoms with Gasteiger partial charge in [-0.3, -0.25) is 0 Å². The van der Waals surface area contributed by atoms with Gasteiger partial charge in [0.1, 0.15) is 12.7 Å². The van der Waals surface area contributed by atoms with Crippen LogP contribution in [0.25, 0.3) is 0 Å². The van der Waals surface area contributed by atoms with Crippen LogP contribution in [0, 0.1) is 5.92 Å². The van der Waals surface area contributed by atoms with Gasteiger partial charge in [0.2, 0.25) is 0 Å². The molecule has 2 N–H and O–H groups in total. The molecular formula is C15H21NO2. The summed E-state index contributed by atoms with van der Waals surface area (Å²) in [7, 11) is 0. The Balaban J connectivity index is 1.56. The molecule has 1 heterocycles. The first-order valence-corrected chi connectivity index (χ1v) is 6.95. The third kappa shape index (κ3) is 2.61. The highest BCUT2D eigenvalue weighted by Crippen LogP contribution is 2.34. The lowest BCUT2D eigenvalue weighted by molar-refractivity contribution is 0.0659. The molecule has 98 valence electrons. The molecular weight excluding hydrogens is 226 g/mol. The Kier molecular flexibility index (Phi) is 3.41. The first kappa shape index (κ1) is 11.8. The normalized spacial score (nSPS) is 31.1. The molecule has 0 amide bonds. The Morgan fingerprint density at radius 3 is 2.56 bits per heavy atom. The van der Waals surface area contributed by atoms with Gasteiger partial charge in [0.05, 0.1) is 0 Å². The van der Waals surface area contributed by atoms with Gasteiger partial charge in [0, 0.05) is 6.04 Å². The van der Waals surface area contributed by atoms with Crippen LogP contribution in [-0.4, -0.2) is 18.8 Å². The Morgan fingerprint density at radius 2 is 1.78 bits per heavy atom. The van der Waals surface area contributed by atoms with Crippen molar-refractivity contribution in [1.29, 1.82) is 0 Å². The highest BCUT2D eigenvalue weighted by atomic mass is 16.6. The average Bonchev–Trinajstić information content (AvgIpc) is 2.41. The van der Waals surface area contributed by atoms with E-state index in [9.17, 15) is 0 Å². The smallest absolute Gasteiger partial charge is 0.161 e. The maximum absolute atomic E-state index is 6.01. The Hall–Kier alpha value is -1.22. The zero-order valence-corrected chi connectivity index (χ0v) is 10.7. The first-order chi connectivity index (χ1) is 8.81. The number of hydrogen-bond acceptors (Lipinski definition) is 3. The van der Waals surface area contributed by atoms with Crippen molar-refractivity contribution in [2.75, 3.05) is 6.61 Å². The van der Waals surface area contributed by atoms with Gasteiger partial charge in [-0.2, -0.15) is 0 Å². The lowest BCUT2D eigenvalue weighted by atomic mass is 9.83. The van der Waals surface area contributed by atoms with Crippen LogP contribution in [0.5, 0.6) is 11.5 Å². The van der Waals surface area contributed by atoms with Crippen LogP contribution in [-0.2, 0) is 0 Å². The van der Waals surface area contributed by atoms with Crippen molar-refractivity contribution in [3.8, 4) is 11.5 Å². The van der Waals surface area contributed by atoms with Crippen LogP contribution in [0.15, 0.2) is 24.3 Å². The standard InChI is InChI=1S/C15H21NO2/c16-12-7-5-11(6-8-12)9-13-10-17-14-3-1-2-4-15(14)18-13/h1-4,11-13H,5-10,16H2. The Labute approximate surface area is 108 Å². The molecule has 1 aliphatic carbocycles. The number of benzene rings is 1. The number of para-hydroxylation sites is 2. The molecule has 0 bridgehead atoms. The van der Waals surface area contributed by atoms with E-state index >= 15 is 0 Å². The number of nitrogens with two attached hydrogens (primary N) is 1. The van der Waals surface area contributed by atoms with Gasteiger partial charge in [-0.05, 0) is 50.2 Å². The first-order valence-electron chi connectivity index (χ1n) is 6.95. The molecule has 2 aliphatic rings. The van der Waals surface area contributed by atoms with Crippen molar-refractivity contribution in [2.45, 2.75) is 44.2 Å². The Bertz CT molecular complexity index is 399. The number of rotatable bonds is 2. The minimum absolute atomic E-state index is 0.208.